The molecule has 0 spiro atoms. The third-order valence-corrected chi connectivity index (χ3v) is 2.95. The SMILES string of the molecule is Cl.NCCCCNC(=O)c1cc(Cl)ccc1-n1cnnn1. The van der Waals surface area contributed by atoms with Gasteiger partial charge in [-0.25, -0.2) is 0 Å². The average molecular weight is 331 g/mol. The molecule has 9 heteroatoms. The van der Waals surface area contributed by atoms with E-state index in [1.807, 2.05) is 0 Å². The van der Waals surface area contributed by atoms with Gasteiger partial charge in [0, 0.05) is 11.6 Å². The monoisotopic (exact) mass is 330 g/mol. The number of hydrogen-bond donors (Lipinski definition) is 2. The second kappa shape index (κ2) is 8.56. The Morgan fingerprint density at radius 1 is 1.38 bits per heavy atom. The van der Waals surface area contributed by atoms with Crippen LogP contribution in [0.25, 0.3) is 5.69 Å². The molecule has 3 N–H and O–H groups in total. The number of benzene rings is 1. The third kappa shape index (κ3) is 4.66. The van der Waals surface area contributed by atoms with Gasteiger partial charge in [0.2, 0.25) is 0 Å². The van der Waals surface area contributed by atoms with Crippen LogP contribution in [-0.2, 0) is 0 Å². The van der Waals surface area contributed by atoms with Crippen molar-refractivity contribution >= 4 is 29.9 Å². The van der Waals surface area contributed by atoms with Crippen molar-refractivity contribution in [3.05, 3.63) is 35.1 Å². The first-order valence-corrected chi connectivity index (χ1v) is 6.61. The van der Waals surface area contributed by atoms with E-state index >= 15 is 0 Å². The zero-order valence-electron chi connectivity index (χ0n) is 11.2. The highest BCUT2D eigenvalue weighted by Crippen LogP contribution is 2.18. The molecule has 114 valence electrons. The summed E-state index contributed by atoms with van der Waals surface area (Å²) in [6, 6.07) is 4.98. The van der Waals surface area contributed by atoms with Crippen molar-refractivity contribution in [2.45, 2.75) is 12.8 Å². The molecular formula is C12H16Cl2N6O. The quantitative estimate of drug-likeness (QED) is 0.775. The minimum absolute atomic E-state index is 0. The van der Waals surface area contributed by atoms with Gasteiger partial charge in [-0.15, -0.1) is 17.5 Å². The minimum Gasteiger partial charge on any atom is -0.352 e. The maximum atomic E-state index is 12.2. The van der Waals surface area contributed by atoms with Crippen molar-refractivity contribution < 1.29 is 4.79 Å². The van der Waals surface area contributed by atoms with Crippen LogP contribution in [0, 0.1) is 0 Å². The zero-order chi connectivity index (χ0) is 14.4. The summed E-state index contributed by atoms with van der Waals surface area (Å²) in [5, 5.41) is 14.2. The Balaban J connectivity index is 0.00000220. The zero-order valence-corrected chi connectivity index (χ0v) is 12.8. The highest BCUT2D eigenvalue weighted by atomic mass is 35.5. The number of aromatic nitrogens is 4. The van der Waals surface area contributed by atoms with Crippen molar-refractivity contribution in [2.24, 2.45) is 5.73 Å². The number of tetrazole rings is 1. The maximum Gasteiger partial charge on any atom is 0.253 e. The maximum absolute atomic E-state index is 12.2. The van der Waals surface area contributed by atoms with Gasteiger partial charge in [-0.1, -0.05) is 11.6 Å². The van der Waals surface area contributed by atoms with E-state index in [4.69, 9.17) is 17.3 Å². The van der Waals surface area contributed by atoms with Gasteiger partial charge >= 0.3 is 0 Å². The molecule has 0 saturated heterocycles. The van der Waals surface area contributed by atoms with Crippen molar-refractivity contribution in [1.29, 1.82) is 0 Å². The predicted molar refractivity (Wildman–Crippen MR) is 82.0 cm³/mol. The minimum atomic E-state index is -0.213. The summed E-state index contributed by atoms with van der Waals surface area (Å²) in [6.07, 6.45) is 3.13. The molecule has 1 aromatic carbocycles. The fourth-order valence-electron chi connectivity index (χ4n) is 1.73. The second-order valence-corrected chi connectivity index (χ2v) is 4.60. The Morgan fingerprint density at radius 3 is 2.86 bits per heavy atom. The first kappa shape index (κ1) is 17.4. The van der Waals surface area contributed by atoms with Gasteiger partial charge < -0.3 is 11.1 Å². The van der Waals surface area contributed by atoms with Crippen LogP contribution in [0.2, 0.25) is 5.02 Å². The number of nitrogens with zero attached hydrogens (tertiary/aromatic N) is 4. The van der Waals surface area contributed by atoms with Gasteiger partial charge in [0.25, 0.3) is 5.91 Å². The Kier molecular flexibility index (Phi) is 7.07. The Hall–Kier alpha value is -1.70. The smallest absolute Gasteiger partial charge is 0.253 e. The lowest BCUT2D eigenvalue weighted by molar-refractivity contribution is 0.0953. The number of carbonyl (C=O) groups excluding carboxylic acids is 1. The van der Waals surface area contributed by atoms with Crippen molar-refractivity contribution in [3.63, 3.8) is 0 Å². The van der Waals surface area contributed by atoms with Crippen LogP contribution in [-0.4, -0.2) is 39.2 Å². The fourth-order valence-corrected chi connectivity index (χ4v) is 1.90. The highest BCUT2D eigenvalue weighted by molar-refractivity contribution is 6.31. The summed E-state index contributed by atoms with van der Waals surface area (Å²) in [7, 11) is 0. The molecule has 0 unspecified atom stereocenters. The lowest BCUT2D eigenvalue weighted by Gasteiger charge is -2.09. The van der Waals surface area contributed by atoms with E-state index in [1.54, 1.807) is 18.2 Å². The van der Waals surface area contributed by atoms with Crippen LogP contribution in [0.1, 0.15) is 23.2 Å². The molecule has 0 aliphatic rings. The molecular weight excluding hydrogens is 315 g/mol. The molecule has 0 aliphatic carbocycles. The summed E-state index contributed by atoms with van der Waals surface area (Å²) in [5.74, 6) is -0.213. The first-order valence-electron chi connectivity index (χ1n) is 6.23. The molecule has 21 heavy (non-hydrogen) atoms. The van der Waals surface area contributed by atoms with E-state index in [0.717, 1.165) is 12.8 Å². The van der Waals surface area contributed by atoms with Gasteiger partial charge in [0.15, 0.2) is 0 Å². The topological polar surface area (TPSA) is 98.7 Å². The molecule has 0 saturated carbocycles. The van der Waals surface area contributed by atoms with E-state index in [0.29, 0.717) is 29.4 Å². The molecule has 0 fully saturated rings. The van der Waals surface area contributed by atoms with Gasteiger partial charge in [-0.05, 0) is 48.0 Å². The normalized spacial score (nSPS) is 10.0. The number of carbonyl (C=O) groups is 1. The molecule has 0 radical (unpaired) electrons. The number of hydrogen-bond acceptors (Lipinski definition) is 5. The van der Waals surface area contributed by atoms with E-state index in [-0.39, 0.29) is 18.3 Å². The summed E-state index contributed by atoms with van der Waals surface area (Å²) in [5.41, 5.74) is 6.42. The molecule has 0 bridgehead atoms. The molecule has 0 atom stereocenters. The third-order valence-electron chi connectivity index (χ3n) is 2.72. The van der Waals surface area contributed by atoms with E-state index in [2.05, 4.69) is 20.8 Å². The molecule has 7 nitrogen and oxygen atoms in total. The van der Waals surface area contributed by atoms with Crippen LogP contribution in [0.15, 0.2) is 24.5 Å². The van der Waals surface area contributed by atoms with Gasteiger partial charge in [-0.2, -0.15) is 4.68 Å². The summed E-state index contributed by atoms with van der Waals surface area (Å²) in [4.78, 5) is 12.2. The fraction of sp³-hybridized carbons (Fsp3) is 0.333. The number of unbranched alkanes of at least 4 members (excludes halogenated alkanes) is 1. The highest BCUT2D eigenvalue weighted by Gasteiger charge is 2.14. The van der Waals surface area contributed by atoms with E-state index in [1.165, 1.54) is 11.0 Å². The molecule has 0 aliphatic heterocycles. The van der Waals surface area contributed by atoms with E-state index in [9.17, 15) is 4.79 Å². The number of amides is 1. The van der Waals surface area contributed by atoms with Crippen molar-refractivity contribution in [1.82, 2.24) is 25.5 Å². The first-order chi connectivity index (χ1) is 9.72. The molecule has 1 amide bonds. The molecule has 2 aromatic rings. The van der Waals surface area contributed by atoms with Gasteiger partial charge in [0.05, 0.1) is 11.3 Å². The van der Waals surface area contributed by atoms with Crippen LogP contribution < -0.4 is 11.1 Å². The second-order valence-electron chi connectivity index (χ2n) is 4.17. The van der Waals surface area contributed by atoms with Crippen LogP contribution in [0.4, 0.5) is 0 Å². The van der Waals surface area contributed by atoms with Gasteiger partial charge in [-0.3, -0.25) is 4.79 Å². The standard InChI is InChI=1S/C12H15ClN6O.ClH/c13-9-3-4-11(19-8-16-17-18-19)10(7-9)12(20)15-6-2-1-5-14;/h3-4,7-8H,1-2,5-6,14H2,(H,15,20);1H. The average Bonchev–Trinajstić information content (AvgIpc) is 2.97. The van der Waals surface area contributed by atoms with Crippen LogP contribution in [0.5, 0.6) is 0 Å². The predicted octanol–water partition coefficient (Wildman–Crippen LogP) is 1.21. The molecule has 1 aromatic heterocycles. The lowest BCUT2D eigenvalue weighted by Crippen LogP contribution is -2.26. The van der Waals surface area contributed by atoms with Crippen molar-refractivity contribution in [2.75, 3.05) is 13.1 Å². The Labute approximate surface area is 133 Å². The Bertz CT molecular complexity index is 575. The Morgan fingerprint density at radius 2 is 2.19 bits per heavy atom. The van der Waals surface area contributed by atoms with Gasteiger partial charge in [0.1, 0.15) is 6.33 Å². The number of rotatable bonds is 6. The molecule has 1 heterocycles. The largest absolute Gasteiger partial charge is 0.352 e. The van der Waals surface area contributed by atoms with E-state index < -0.39 is 0 Å². The summed E-state index contributed by atoms with van der Waals surface area (Å²) in [6.45, 7) is 1.18. The summed E-state index contributed by atoms with van der Waals surface area (Å²) < 4.78 is 1.42. The number of nitrogens with two attached hydrogens (primary N) is 1. The van der Waals surface area contributed by atoms with Crippen LogP contribution >= 0.6 is 24.0 Å². The lowest BCUT2D eigenvalue weighted by atomic mass is 10.1. The van der Waals surface area contributed by atoms with Crippen LogP contribution in [0.3, 0.4) is 0 Å². The van der Waals surface area contributed by atoms with Crippen molar-refractivity contribution in [3.8, 4) is 5.69 Å². The number of halogens is 2. The summed E-state index contributed by atoms with van der Waals surface area (Å²) >= 11 is 5.95. The molecule has 2 rings (SSSR count). The number of nitrogens with one attached hydrogen (secondary N) is 1.